The molecule has 3 aromatic rings. The summed E-state index contributed by atoms with van der Waals surface area (Å²) >= 11 is 0. The molecule has 3 amide bonds. The molecule has 0 radical (unpaired) electrons. The molecule has 1 aliphatic rings. The number of anilines is 2. The Balaban J connectivity index is 1.82. The predicted octanol–water partition coefficient (Wildman–Crippen LogP) is 3.86. The molecule has 0 aliphatic carbocycles. The van der Waals surface area contributed by atoms with Gasteiger partial charge in [0.1, 0.15) is 6.04 Å². The van der Waals surface area contributed by atoms with Crippen LogP contribution in [0.2, 0.25) is 0 Å². The summed E-state index contributed by atoms with van der Waals surface area (Å²) in [6.45, 7) is 3.89. The van der Waals surface area contributed by atoms with Crippen LogP contribution in [-0.4, -0.2) is 58.2 Å². The number of hydrogen-bond donors (Lipinski definition) is 3. The monoisotopic (exact) mass is 561 g/mol. The van der Waals surface area contributed by atoms with Gasteiger partial charge in [0.25, 0.3) is 11.8 Å². The van der Waals surface area contributed by atoms with Gasteiger partial charge in [-0.05, 0) is 43.7 Å². The second-order valence-corrected chi connectivity index (χ2v) is 9.48. The maximum Gasteiger partial charge on any atom is 0.308 e. The summed E-state index contributed by atoms with van der Waals surface area (Å²) in [6.07, 6.45) is -0.337. The van der Waals surface area contributed by atoms with Gasteiger partial charge in [-0.25, -0.2) is 0 Å². The van der Waals surface area contributed by atoms with Crippen molar-refractivity contribution in [3.8, 4) is 28.4 Å². The van der Waals surface area contributed by atoms with Gasteiger partial charge in [-0.2, -0.15) is 0 Å². The first-order valence-electron chi connectivity index (χ1n) is 12.6. The van der Waals surface area contributed by atoms with Crippen molar-refractivity contribution in [2.24, 2.45) is 0 Å². The van der Waals surface area contributed by atoms with Gasteiger partial charge in [-0.3, -0.25) is 19.2 Å². The maximum atomic E-state index is 13.6. The number of esters is 1. The fourth-order valence-corrected chi connectivity index (χ4v) is 4.69. The molecule has 0 unspecified atom stereocenters. The predicted molar refractivity (Wildman–Crippen MR) is 152 cm³/mol. The lowest BCUT2D eigenvalue weighted by atomic mass is 9.96. The number of nitrogens with one attached hydrogen (secondary N) is 3. The van der Waals surface area contributed by atoms with Gasteiger partial charge in [0, 0.05) is 11.1 Å². The van der Waals surface area contributed by atoms with E-state index in [-0.39, 0.29) is 23.2 Å². The van der Waals surface area contributed by atoms with Crippen LogP contribution in [0.15, 0.2) is 42.5 Å². The maximum absolute atomic E-state index is 13.6. The van der Waals surface area contributed by atoms with Crippen molar-refractivity contribution < 1.29 is 38.1 Å². The van der Waals surface area contributed by atoms with Gasteiger partial charge in [0.15, 0.2) is 11.5 Å². The molecule has 0 fully saturated rings. The molecule has 3 N–H and O–H groups in total. The molecule has 1 heterocycles. The minimum Gasteiger partial charge on any atom is -0.493 e. The number of carbonyl (C=O) groups is 4. The summed E-state index contributed by atoms with van der Waals surface area (Å²) in [5.41, 5.74) is 4.17. The summed E-state index contributed by atoms with van der Waals surface area (Å²) in [7, 11) is 5.56. The van der Waals surface area contributed by atoms with Gasteiger partial charge in [0.05, 0.1) is 51.8 Å². The van der Waals surface area contributed by atoms with Crippen molar-refractivity contribution in [2.75, 3.05) is 39.1 Å². The van der Waals surface area contributed by atoms with E-state index in [4.69, 9.17) is 14.2 Å². The molecule has 0 bridgehead atoms. The number of amides is 3. The number of carbonyl (C=O) groups excluding carboxylic acids is 4. The van der Waals surface area contributed by atoms with E-state index in [1.54, 1.807) is 6.07 Å². The Morgan fingerprint density at radius 3 is 2.02 bits per heavy atom. The summed E-state index contributed by atoms with van der Waals surface area (Å²) < 4.78 is 20.8. The zero-order chi connectivity index (χ0) is 29.8. The number of benzene rings is 3. The van der Waals surface area contributed by atoms with Gasteiger partial charge >= 0.3 is 5.97 Å². The summed E-state index contributed by atoms with van der Waals surface area (Å²) in [5.74, 6) is -1.36. The third-order valence-corrected chi connectivity index (χ3v) is 6.59. The molecule has 1 atom stereocenters. The van der Waals surface area contributed by atoms with Crippen LogP contribution in [0.3, 0.4) is 0 Å². The van der Waals surface area contributed by atoms with Crippen LogP contribution in [0.25, 0.3) is 11.1 Å². The average molecular weight is 562 g/mol. The fraction of sp³-hybridized carbons (Fsp3) is 0.267. The Hall–Kier alpha value is -5.06. The highest BCUT2D eigenvalue weighted by molar-refractivity contribution is 6.14. The zero-order valence-electron chi connectivity index (χ0n) is 23.6. The molecule has 11 heteroatoms. The highest BCUT2D eigenvalue weighted by Gasteiger charge is 2.31. The number of methoxy groups -OCH3 is 4. The Morgan fingerprint density at radius 2 is 1.46 bits per heavy atom. The Labute approximate surface area is 237 Å². The molecular weight excluding hydrogens is 530 g/mol. The SMILES string of the molecule is COC(=O)C[C@@H]1NC(=O)c2cc(-c3cc(C)cc(C)c3)c(NC(=O)c3cc(OC)c(OC)c(OC)c3)cc2NC1=O. The third kappa shape index (κ3) is 6.08. The Bertz CT molecular complexity index is 1500. The van der Waals surface area contributed by atoms with Gasteiger partial charge in [-0.1, -0.05) is 29.3 Å². The Kier molecular flexibility index (Phi) is 8.46. The molecule has 0 saturated carbocycles. The molecule has 0 aromatic heterocycles. The van der Waals surface area contributed by atoms with Crippen LogP contribution in [0.4, 0.5) is 11.4 Å². The number of fused-ring (bicyclic) bond motifs is 1. The zero-order valence-corrected chi connectivity index (χ0v) is 23.6. The lowest BCUT2D eigenvalue weighted by molar-refractivity contribution is -0.142. The van der Waals surface area contributed by atoms with Crippen LogP contribution in [-0.2, 0) is 14.3 Å². The largest absolute Gasteiger partial charge is 0.493 e. The van der Waals surface area contributed by atoms with E-state index in [1.165, 1.54) is 46.6 Å². The number of hydrogen-bond acceptors (Lipinski definition) is 8. The van der Waals surface area contributed by atoms with E-state index in [0.29, 0.717) is 28.5 Å². The van der Waals surface area contributed by atoms with Crippen molar-refractivity contribution in [1.29, 1.82) is 0 Å². The van der Waals surface area contributed by atoms with E-state index in [1.807, 2.05) is 32.0 Å². The van der Waals surface area contributed by atoms with Crippen LogP contribution in [0.5, 0.6) is 17.2 Å². The quantitative estimate of drug-likeness (QED) is 0.352. The number of ether oxygens (including phenoxy) is 4. The smallest absolute Gasteiger partial charge is 0.308 e. The third-order valence-electron chi connectivity index (χ3n) is 6.59. The first-order chi connectivity index (χ1) is 19.6. The van der Waals surface area contributed by atoms with Crippen molar-refractivity contribution in [3.05, 3.63) is 64.7 Å². The van der Waals surface area contributed by atoms with E-state index in [2.05, 4.69) is 20.7 Å². The first-order valence-corrected chi connectivity index (χ1v) is 12.6. The minimum absolute atomic E-state index is 0.172. The number of aryl methyl sites for hydroxylation is 2. The first kappa shape index (κ1) is 28.9. The van der Waals surface area contributed by atoms with E-state index < -0.39 is 29.7 Å². The van der Waals surface area contributed by atoms with Crippen LogP contribution >= 0.6 is 0 Å². The molecular formula is C30H31N3O8. The molecule has 11 nitrogen and oxygen atoms in total. The second-order valence-electron chi connectivity index (χ2n) is 9.48. The van der Waals surface area contributed by atoms with Crippen molar-refractivity contribution in [2.45, 2.75) is 26.3 Å². The molecule has 41 heavy (non-hydrogen) atoms. The molecule has 3 aromatic carbocycles. The van der Waals surface area contributed by atoms with E-state index in [9.17, 15) is 19.2 Å². The highest BCUT2D eigenvalue weighted by Crippen LogP contribution is 2.39. The summed E-state index contributed by atoms with van der Waals surface area (Å²) in [6, 6.07) is 10.9. The van der Waals surface area contributed by atoms with Crippen molar-refractivity contribution in [3.63, 3.8) is 0 Å². The highest BCUT2D eigenvalue weighted by atomic mass is 16.5. The fourth-order valence-electron chi connectivity index (χ4n) is 4.69. The van der Waals surface area contributed by atoms with Crippen LogP contribution in [0, 0.1) is 13.8 Å². The average Bonchev–Trinajstić information content (AvgIpc) is 3.05. The van der Waals surface area contributed by atoms with Crippen LogP contribution < -0.4 is 30.2 Å². The standard InChI is InChI=1S/C30H31N3O8/c1-15-7-16(2)9-17(8-15)19-12-20-22(32-30(37)23(33-29(20)36)14-26(34)40-5)13-21(19)31-28(35)18-10-24(38-3)27(41-6)25(11-18)39-4/h7-13,23H,14H2,1-6H3,(H,31,35)(H,32,37)(H,33,36)/t23-/m0/s1. The molecule has 4 rings (SSSR count). The number of rotatable bonds is 8. The second kappa shape index (κ2) is 12.0. The normalized spacial score (nSPS) is 14.1. The van der Waals surface area contributed by atoms with Crippen molar-refractivity contribution in [1.82, 2.24) is 5.32 Å². The molecule has 0 saturated heterocycles. The van der Waals surface area contributed by atoms with Gasteiger partial charge in [0.2, 0.25) is 11.7 Å². The van der Waals surface area contributed by atoms with E-state index in [0.717, 1.165) is 16.7 Å². The lowest BCUT2D eigenvalue weighted by Gasteiger charge is -2.18. The topological polar surface area (TPSA) is 141 Å². The van der Waals surface area contributed by atoms with Crippen molar-refractivity contribution >= 4 is 35.1 Å². The Morgan fingerprint density at radius 1 is 0.829 bits per heavy atom. The van der Waals surface area contributed by atoms with E-state index >= 15 is 0 Å². The minimum atomic E-state index is -1.13. The molecule has 214 valence electrons. The lowest BCUT2D eigenvalue weighted by Crippen LogP contribution is -2.42. The molecule has 1 aliphatic heterocycles. The molecule has 0 spiro atoms. The van der Waals surface area contributed by atoms with Gasteiger partial charge < -0.3 is 34.9 Å². The summed E-state index contributed by atoms with van der Waals surface area (Å²) in [5, 5.41) is 8.20. The van der Waals surface area contributed by atoms with Crippen LogP contribution in [0.1, 0.15) is 38.3 Å². The van der Waals surface area contributed by atoms with Gasteiger partial charge in [-0.15, -0.1) is 0 Å². The summed E-state index contributed by atoms with van der Waals surface area (Å²) in [4.78, 5) is 51.5.